The molecule has 2 aromatic carbocycles. The summed E-state index contributed by atoms with van der Waals surface area (Å²) in [7, 11) is 1.60. The highest BCUT2D eigenvalue weighted by atomic mass is 19.1. The average molecular weight is 376 g/mol. The molecule has 2 atom stereocenters. The van der Waals surface area contributed by atoms with E-state index in [-0.39, 0.29) is 17.6 Å². The topological polar surface area (TPSA) is 98.1 Å². The van der Waals surface area contributed by atoms with Crippen molar-refractivity contribution in [1.82, 2.24) is 0 Å². The Bertz CT molecular complexity index is 811. The first-order valence-electron chi connectivity index (χ1n) is 8.59. The Hall–Kier alpha value is -3.00. The van der Waals surface area contributed by atoms with E-state index >= 15 is 0 Å². The molecule has 8 heteroatoms. The Labute approximate surface area is 156 Å². The molecule has 0 aliphatic heterocycles. The lowest BCUT2D eigenvalue weighted by Gasteiger charge is -2.19. The number of hydrogen-bond acceptors (Lipinski definition) is 4. The molecule has 144 valence electrons. The third kappa shape index (κ3) is 5.24. The molecule has 7 nitrogen and oxygen atoms in total. The first kappa shape index (κ1) is 20.3. The highest BCUT2D eigenvalue weighted by Crippen LogP contribution is 2.22. The number of ether oxygens (including phenoxy) is 1. The molecule has 0 spiro atoms. The van der Waals surface area contributed by atoms with E-state index in [0.29, 0.717) is 0 Å². The summed E-state index contributed by atoms with van der Waals surface area (Å²) < 4.78 is 18.6. The molecule has 2 rings (SSSR count). The van der Waals surface area contributed by atoms with E-state index < -0.39 is 22.5 Å². The van der Waals surface area contributed by atoms with E-state index in [2.05, 4.69) is 5.32 Å². The van der Waals surface area contributed by atoms with Crippen LogP contribution in [0.1, 0.15) is 31.9 Å². The summed E-state index contributed by atoms with van der Waals surface area (Å²) in [6, 6.07) is 10.6. The van der Waals surface area contributed by atoms with Crippen molar-refractivity contribution >= 4 is 17.3 Å². The van der Waals surface area contributed by atoms with E-state index in [9.17, 15) is 19.3 Å². The summed E-state index contributed by atoms with van der Waals surface area (Å²) in [5.74, 6) is -0.497. The quantitative estimate of drug-likeness (QED) is 0.547. The molecule has 3 N–H and O–H groups in total. The lowest BCUT2D eigenvalue weighted by atomic mass is 10.0. The second kappa shape index (κ2) is 9.09. The second-order valence-corrected chi connectivity index (χ2v) is 6.18. The molecule has 0 aliphatic carbocycles. The van der Waals surface area contributed by atoms with E-state index in [0.717, 1.165) is 29.9 Å². The predicted molar refractivity (Wildman–Crippen MR) is 99.1 cm³/mol. The standard InChI is InChI=1S/C19H22FN3O4/c1-4-17(13-5-8-15(27-3)9-6-13)21-12(2)19(24)22-14-7-10-16(20)18(11-14)23(25)26/h5-12,17,21H,4H2,1-3H3,(H,22,24)/p+1/t12-,17+/m1/s1. The number of amides is 1. The van der Waals surface area contributed by atoms with Gasteiger partial charge < -0.3 is 15.4 Å². The highest BCUT2D eigenvalue weighted by molar-refractivity contribution is 5.93. The second-order valence-electron chi connectivity index (χ2n) is 6.18. The number of anilines is 1. The van der Waals surface area contributed by atoms with Gasteiger partial charge in [0.1, 0.15) is 11.8 Å². The third-order valence-electron chi connectivity index (χ3n) is 4.33. The lowest BCUT2D eigenvalue weighted by molar-refractivity contribution is -0.713. The Morgan fingerprint density at radius 2 is 1.96 bits per heavy atom. The number of nitrogens with zero attached hydrogens (tertiary/aromatic N) is 1. The van der Waals surface area contributed by atoms with Crippen LogP contribution in [0.3, 0.4) is 0 Å². The van der Waals surface area contributed by atoms with Crippen LogP contribution in [0.15, 0.2) is 42.5 Å². The van der Waals surface area contributed by atoms with Crippen molar-refractivity contribution in [3.8, 4) is 5.75 Å². The van der Waals surface area contributed by atoms with E-state index in [1.165, 1.54) is 6.07 Å². The summed E-state index contributed by atoms with van der Waals surface area (Å²) in [5.41, 5.74) is 0.579. The number of benzene rings is 2. The normalized spacial score (nSPS) is 12.9. The van der Waals surface area contributed by atoms with Crippen LogP contribution in [0.2, 0.25) is 0 Å². The number of hydrogen-bond donors (Lipinski definition) is 2. The fourth-order valence-corrected chi connectivity index (χ4v) is 2.76. The molecule has 0 saturated carbocycles. The van der Waals surface area contributed by atoms with Gasteiger partial charge in [-0.25, -0.2) is 0 Å². The van der Waals surface area contributed by atoms with Crippen LogP contribution < -0.4 is 15.4 Å². The fraction of sp³-hybridized carbons (Fsp3) is 0.316. The maximum Gasteiger partial charge on any atom is 0.306 e. The van der Waals surface area contributed by atoms with Crippen LogP contribution in [0.25, 0.3) is 0 Å². The fourth-order valence-electron chi connectivity index (χ4n) is 2.76. The van der Waals surface area contributed by atoms with Gasteiger partial charge in [-0.15, -0.1) is 0 Å². The Kier molecular flexibility index (Phi) is 6.84. The molecule has 0 fully saturated rings. The Morgan fingerprint density at radius 3 is 2.52 bits per heavy atom. The SMILES string of the molecule is CC[C@H]([NH2+][C@H](C)C(=O)Nc1ccc(F)c([N+](=O)[O-])c1)c1ccc(OC)cc1. The third-order valence-corrected chi connectivity index (χ3v) is 4.33. The van der Waals surface area contributed by atoms with Crippen molar-refractivity contribution in [2.24, 2.45) is 0 Å². The minimum absolute atomic E-state index is 0.0687. The molecule has 2 aromatic rings. The number of rotatable bonds is 8. The Balaban J connectivity index is 2.05. The van der Waals surface area contributed by atoms with Crippen molar-refractivity contribution < 1.29 is 24.2 Å². The van der Waals surface area contributed by atoms with E-state index in [4.69, 9.17) is 4.74 Å². The molecular weight excluding hydrogens is 353 g/mol. The van der Waals surface area contributed by atoms with Crippen LogP contribution in [0.5, 0.6) is 5.75 Å². The summed E-state index contributed by atoms with van der Waals surface area (Å²) in [4.78, 5) is 22.4. The minimum atomic E-state index is -0.942. The average Bonchev–Trinajstić information content (AvgIpc) is 2.67. The van der Waals surface area contributed by atoms with Crippen molar-refractivity contribution in [1.29, 1.82) is 0 Å². The molecule has 0 aromatic heterocycles. The molecular formula is C19H23FN3O4+. The van der Waals surface area contributed by atoms with Crippen molar-refractivity contribution in [3.63, 3.8) is 0 Å². The Morgan fingerprint density at radius 1 is 1.30 bits per heavy atom. The lowest BCUT2D eigenvalue weighted by Crippen LogP contribution is -2.92. The first-order valence-corrected chi connectivity index (χ1v) is 8.59. The molecule has 0 unspecified atom stereocenters. The van der Waals surface area contributed by atoms with Gasteiger partial charge in [0.05, 0.1) is 12.0 Å². The van der Waals surface area contributed by atoms with Crippen molar-refractivity contribution in [2.75, 3.05) is 12.4 Å². The molecule has 0 bridgehead atoms. The van der Waals surface area contributed by atoms with Gasteiger partial charge in [-0.05, 0) is 43.3 Å². The van der Waals surface area contributed by atoms with Gasteiger partial charge in [0.25, 0.3) is 5.91 Å². The number of quaternary nitrogens is 1. The van der Waals surface area contributed by atoms with Gasteiger partial charge in [-0.1, -0.05) is 6.92 Å². The maximum atomic E-state index is 13.4. The van der Waals surface area contributed by atoms with Crippen LogP contribution >= 0.6 is 0 Å². The predicted octanol–water partition coefficient (Wildman–Crippen LogP) is 2.78. The van der Waals surface area contributed by atoms with Gasteiger partial charge >= 0.3 is 5.69 Å². The summed E-state index contributed by atoms with van der Waals surface area (Å²) in [5, 5.41) is 15.3. The molecule has 0 radical (unpaired) electrons. The van der Waals surface area contributed by atoms with Crippen LogP contribution in [0.4, 0.5) is 15.8 Å². The van der Waals surface area contributed by atoms with E-state index in [1.807, 2.05) is 36.5 Å². The van der Waals surface area contributed by atoms with Gasteiger partial charge in [0.15, 0.2) is 6.04 Å². The highest BCUT2D eigenvalue weighted by Gasteiger charge is 2.23. The maximum absolute atomic E-state index is 13.4. The minimum Gasteiger partial charge on any atom is -0.497 e. The first-order chi connectivity index (χ1) is 12.8. The van der Waals surface area contributed by atoms with Crippen LogP contribution in [-0.2, 0) is 4.79 Å². The smallest absolute Gasteiger partial charge is 0.306 e. The van der Waals surface area contributed by atoms with Gasteiger partial charge in [-0.2, -0.15) is 4.39 Å². The summed E-state index contributed by atoms with van der Waals surface area (Å²) in [6.45, 7) is 3.78. The number of carbonyl (C=O) groups excluding carboxylic acids is 1. The summed E-state index contributed by atoms with van der Waals surface area (Å²) >= 11 is 0. The van der Waals surface area contributed by atoms with Crippen LogP contribution in [0, 0.1) is 15.9 Å². The van der Waals surface area contributed by atoms with E-state index in [1.54, 1.807) is 14.0 Å². The number of nitro benzene ring substituents is 1. The zero-order valence-electron chi connectivity index (χ0n) is 15.4. The molecule has 27 heavy (non-hydrogen) atoms. The zero-order chi connectivity index (χ0) is 20.0. The van der Waals surface area contributed by atoms with Crippen molar-refractivity contribution in [2.45, 2.75) is 32.4 Å². The van der Waals surface area contributed by atoms with Gasteiger partial charge in [0.2, 0.25) is 5.82 Å². The monoisotopic (exact) mass is 376 g/mol. The number of methoxy groups -OCH3 is 1. The molecule has 0 saturated heterocycles. The molecule has 1 amide bonds. The van der Waals surface area contributed by atoms with Gasteiger partial charge in [-0.3, -0.25) is 14.9 Å². The zero-order valence-corrected chi connectivity index (χ0v) is 15.4. The summed E-state index contributed by atoms with van der Waals surface area (Å²) in [6.07, 6.45) is 0.811. The van der Waals surface area contributed by atoms with Gasteiger partial charge in [0, 0.05) is 23.7 Å². The van der Waals surface area contributed by atoms with Crippen LogP contribution in [-0.4, -0.2) is 24.0 Å². The molecule has 0 heterocycles. The number of halogens is 1. The largest absolute Gasteiger partial charge is 0.497 e. The number of nitrogens with one attached hydrogen (secondary N) is 1. The number of carbonyl (C=O) groups is 1. The molecule has 0 aliphatic rings. The number of nitrogens with two attached hydrogens (primary N) is 1. The number of nitro groups is 1. The van der Waals surface area contributed by atoms with Crippen molar-refractivity contribution in [3.05, 3.63) is 64.0 Å².